The predicted octanol–water partition coefficient (Wildman–Crippen LogP) is 2.50. The third-order valence-corrected chi connectivity index (χ3v) is 4.90. The van der Waals surface area contributed by atoms with E-state index in [1.165, 1.54) is 5.56 Å². The Balaban J connectivity index is 0.00000300. The third kappa shape index (κ3) is 6.31. The number of ether oxygens (including phenoxy) is 1. The van der Waals surface area contributed by atoms with Crippen LogP contribution in [-0.2, 0) is 0 Å². The van der Waals surface area contributed by atoms with Gasteiger partial charge in [-0.15, -0.1) is 24.0 Å². The maximum atomic E-state index is 12.0. The molecular weight excluding hydrogens is 481 g/mol. The number of likely N-dealkylation sites (tertiary alicyclic amines) is 1. The maximum Gasteiger partial charge on any atom is 0.252 e. The van der Waals surface area contributed by atoms with Gasteiger partial charge >= 0.3 is 0 Å². The van der Waals surface area contributed by atoms with E-state index in [4.69, 9.17) is 4.74 Å². The molecule has 2 aromatic rings. The molecule has 29 heavy (non-hydrogen) atoms. The average Bonchev–Trinajstić information content (AvgIpc) is 3.24. The van der Waals surface area contributed by atoms with Crippen molar-refractivity contribution >= 4 is 35.8 Å². The van der Waals surface area contributed by atoms with Crippen molar-refractivity contribution < 1.29 is 9.53 Å². The molecule has 1 saturated heterocycles. The van der Waals surface area contributed by atoms with Gasteiger partial charge in [0, 0.05) is 51.5 Å². The van der Waals surface area contributed by atoms with Crippen molar-refractivity contribution in [1.82, 2.24) is 20.5 Å². The summed E-state index contributed by atoms with van der Waals surface area (Å²) in [5, 5.41) is 6.22. The first kappa shape index (κ1) is 22.9. The van der Waals surface area contributed by atoms with Gasteiger partial charge in [-0.05, 0) is 36.2 Å². The molecule has 0 radical (unpaired) electrons. The van der Waals surface area contributed by atoms with E-state index in [9.17, 15) is 4.79 Å². The number of hydrogen-bond donors (Lipinski definition) is 2. The number of carbonyl (C=O) groups is 1. The zero-order chi connectivity index (χ0) is 19.8. The second kappa shape index (κ2) is 11.6. The number of methoxy groups -OCH3 is 1. The Labute approximate surface area is 189 Å². The van der Waals surface area contributed by atoms with Crippen molar-refractivity contribution in [1.29, 1.82) is 0 Å². The zero-order valence-corrected chi connectivity index (χ0v) is 19.1. The quantitative estimate of drug-likeness (QED) is 0.271. The molecule has 1 aromatic carbocycles. The molecule has 1 amide bonds. The SMILES string of the molecule is CN=C(NCCNC(=O)c1cccnc1)N1CCC(c2ccc(OC)cc2)C1.I. The van der Waals surface area contributed by atoms with Crippen LogP contribution < -0.4 is 15.4 Å². The molecule has 0 aliphatic carbocycles. The maximum absolute atomic E-state index is 12.0. The van der Waals surface area contributed by atoms with Gasteiger partial charge in [-0.1, -0.05) is 12.1 Å². The molecule has 0 bridgehead atoms. The van der Waals surface area contributed by atoms with E-state index >= 15 is 0 Å². The fourth-order valence-corrected chi connectivity index (χ4v) is 3.38. The fraction of sp³-hybridized carbons (Fsp3) is 0.381. The standard InChI is InChI=1S/C21H27N5O2.HI/c1-22-21(25-12-11-24-20(27)17-4-3-10-23-14-17)26-13-9-18(15-26)16-5-7-19(28-2)8-6-16;/h3-8,10,14,18H,9,11-13,15H2,1-2H3,(H,22,25)(H,24,27);1H. The summed E-state index contributed by atoms with van der Waals surface area (Å²) >= 11 is 0. The van der Waals surface area contributed by atoms with Crippen LogP contribution in [0.4, 0.5) is 0 Å². The molecule has 1 atom stereocenters. The summed E-state index contributed by atoms with van der Waals surface area (Å²) in [7, 11) is 3.47. The number of aromatic nitrogens is 1. The second-order valence-corrected chi connectivity index (χ2v) is 6.68. The molecule has 8 heteroatoms. The highest BCUT2D eigenvalue weighted by molar-refractivity contribution is 14.0. The van der Waals surface area contributed by atoms with Crippen LogP contribution in [0.5, 0.6) is 5.75 Å². The lowest BCUT2D eigenvalue weighted by Crippen LogP contribution is -2.43. The number of halogens is 1. The highest BCUT2D eigenvalue weighted by atomic mass is 127. The minimum absolute atomic E-state index is 0. The Morgan fingerprint density at radius 1 is 1.24 bits per heavy atom. The first-order valence-corrected chi connectivity index (χ1v) is 9.49. The molecule has 1 fully saturated rings. The lowest BCUT2D eigenvalue weighted by molar-refractivity contribution is 0.0954. The Hall–Kier alpha value is -2.36. The monoisotopic (exact) mass is 509 g/mol. The number of pyridine rings is 1. The van der Waals surface area contributed by atoms with Gasteiger partial charge < -0.3 is 20.3 Å². The van der Waals surface area contributed by atoms with E-state index in [1.54, 1.807) is 38.7 Å². The van der Waals surface area contributed by atoms with Gasteiger partial charge in [0.25, 0.3) is 5.91 Å². The van der Waals surface area contributed by atoms with Crippen LogP contribution in [0.15, 0.2) is 53.8 Å². The summed E-state index contributed by atoms with van der Waals surface area (Å²) in [5.74, 6) is 2.11. The average molecular weight is 509 g/mol. The minimum Gasteiger partial charge on any atom is -0.497 e. The van der Waals surface area contributed by atoms with Gasteiger partial charge in [0.1, 0.15) is 5.75 Å². The number of guanidine groups is 1. The van der Waals surface area contributed by atoms with Gasteiger partial charge in [0.2, 0.25) is 0 Å². The van der Waals surface area contributed by atoms with Crippen molar-refractivity contribution in [2.45, 2.75) is 12.3 Å². The van der Waals surface area contributed by atoms with Gasteiger partial charge in [-0.25, -0.2) is 0 Å². The summed E-state index contributed by atoms with van der Waals surface area (Å²) in [4.78, 5) is 22.6. The van der Waals surface area contributed by atoms with Crippen molar-refractivity contribution in [3.63, 3.8) is 0 Å². The molecule has 0 spiro atoms. The van der Waals surface area contributed by atoms with Crippen LogP contribution in [0.2, 0.25) is 0 Å². The molecule has 1 aliphatic rings. The van der Waals surface area contributed by atoms with Crippen LogP contribution in [0.3, 0.4) is 0 Å². The molecule has 1 aliphatic heterocycles. The van der Waals surface area contributed by atoms with Crippen molar-refractivity contribution in [2.24, 2.45) is 4.99 Å². The van der Waals surface area contributed by atoms with E-state index < -0.39 is 0 Å². The number of nitrogens with zero attached hydrogens (tertiary/aromatic N) is 3. The number of nitrogens with one attached hydrogen (secondary N) is 2. The summed E-state index contributed by atoms with van der Waals surface area (Å²) < 4.78 is 5.24. The minimum atomic E-state index is -0.120. The van der Waals surface area contributed by atoms with E-state index in [-0.39, 0.29) is 29.9 Å². The Morgan fingerprint density at radius 2 is 2.00 bits per heavy atom. The van der Waals surface area contributed by atoms with Crippen LogP contribution >= 0.6 is 24.0 Å². The molecule has 2 heterocycles. The van der Waals surface area contributed by atoms with E-state index in [0.29, 0.717) is 24.6 Å². The predicted molar refractivity (Wildman–Crippen MR) is 125 cm³/mol. The Kier molecular flexibility index (Phi) is 9.17. The van der Waals surface area contributed by atoms with E-state index in [1.807, 2.05) is 12.1 Å². The highest BCUT2D eigenvalue weighted by Crippen LogP contribution is 2.28. The molecule has 0 saturated carbocycles. The number of benzene rings is 1. The van der Waals surface area contributed by atoms with Crippen molar-refractivity contribution in [3.05, 3.63) is 59.9 Å². The van der Waals surface area contributed by atoms with E-state index in [0.717, 1.165) is 31.2 Å². The first-order chi connectivity index (χ1) is 13.7. The topological polar surface area (TPSA) is 78.8 Å². The molecule has 7 nitrogen and oxygen atoms in total. The number of rotatable bonds is 6. The van der Waals surface area contributed by atoms with Gasteiger partial charge in [-0.3, -0.25) is 14.8 Å². The normalized spacial score (nSPS) is 16.1. The van der Waals surface area contributed by atoms with Crippen LogP contribution in [-0.4, -0.2) is 62.1 Å². The molecule has 1 aromatic heterocycles. The fourth-order valence-electron chi connectivity index (χ4n) is 3.38. The van der Waals surface area contributed by atoms with Crippen molar-refractivity contribution in [2.75, 3.05) is 40.3 Å². The lowest BCUT2D eigenvalue weighted by atomic mass is 9.98. The molecule has 3 rings (SSSR count). The summed E-state index contributed by atoms with van der Waals surface area (Å²) in [6, 6.07) is 11.8. The van der Waals surface area contributed by atoms with Gasteiger partial charge in [0.15, 0.2) is 5.96 Å². The van der Waals surface area contributed by atoms with Gasteiger partial charge in [0.05, 0.1) is 12.7 Å². The van der Waals surface area contributed by atoms with Crippen LogP contribution in [0, 0.1) is 0 Å². The zero-order valence-electron chi connectivity index (χ0n) is 16.8. The Morgan fingerprint density at radius 3 is 2.66 bits per heavy atom. The number of hydrogen-bond acceptors (Lipinski definition) is 4. The molecule has 1 unspecified atom stereocenters. The van der Waals surface area contributed by atoms with E-state index in [2.05, 4.69) is 37.6 Å². The second-order valence-electron chi connectivity index (χ2n) is 6.68. The van der Waals surface area contributed by atoms with Crippen LogP contribution in [0.25, 0.3) is 0 Å². The number of carbonyl (C=O) groups excluding carboxylic acids is 1. The molecule has 2 N–H and O–H groups in total. The van der Waals surface area contributed by atoms with Crippen molar-refractivity contribution in [3.8, 4) is 5.75 Å². The Bertz CT molecular complexity index is 798. The molecular formula is C21H28IN5O2. The number of aliphatic imine (C=N–C) groups is 1. The summed E-state index contributed by atoms with van der Waals surface area (Å²) in [5.41, 5.74) is 1.89. The smallest absolute Gasteiger partial charge is 0.252 e. The number of amides is 1. The molecule has 156 valence electrons. The summed E-state index contributed by atoms with van der Waals surface area (Å²) in [6.45, 7) is 3.01. The lowest BCUT2D eigenvalue weighted by Gasteiger charge is -2.22. The summed E-state index contributed by atoms with van der Waals surface area (Å²) in [6.07, 6.45) is 4.30. The van der Waals surface area contributed by atoms with Gasteiger partial charge in [-0.2, -0.15) is 0 Å². The van der Waals surface area contributed by atoms with Crippen LogP contribution in [0.1, 0.15) is 28.3 Å². The largest absolute Gasteiger partial charge is 0.497 e. The highest BCUT2D eigenvalue weighted by Gasteiger charge is 2.25. The third-order valence-electron chi connectivity index (χ3n) is 4.90. The first-order valence-electron chi connectivity index (χ1n) is 9.49.